The van der Waals surface area contributed by atoms with Crippen molar-refractivity contribution in [3.05, 3.63) is 89.5 Å². The van der Waals surface area contributed by atoms with Crippen LogP contribution in [0.25, 0.3) is 5.69 Å². The minimum atomic E-state index is -0.301. The van der Waals surface area contributed by atoms with Crippen LogP contribution in [0.4, 0.5) is 4.39 Å². The summed E-state index contributed by atoms with van der Waals surface area (Å²) < 4.78 is 21.8. The summed E-state index contributed by atoms with van der Waals surface area (Å²) in [6.45, 7) is 6.09. The molecule has 0 amide bonds. The minimum absolute atomic E-state index is 0.256. The molecule has 2 aromatic carbocycles. The highest BCUT2D eigenvalue weighted by Crippen LogP contribution is 2.26. The van der Waals surface area contributed by atoms with E-state index in [1.54, 1.807) is 25.1 Å². The van der Waals surface area contributed by atoms with Crippen molar-refractivity contribution in [3.63, 3.8) is 0 Å². The van der Waals surface area contributed by atoms with E-state index >= 15 is 0 Å². The number of para-hydroxylation sites is 1. The number of ether oxygens (including phenoxy) is 1. The molecule has 0 radical (unpaired) electrons. The summed E-state index contributed by atoms with van der Waals surface area (Å²) in [5.41, 5.74) is 2.76. The van der Waals surface area contributed by atoms with Crippen LogP contribution in [-0.4, -0.2) is 20.5 Å². The van der Waals surface area contributed by atoms with Gasteiger partial charge < -0.3 is 4.74 Å². The van der Waals surface area contributed by atoms with Gasteiger partial charge in [-0.05, 0) is 25.1 Å². The van der Waals surface area contributed by atoms with Gasteiger partial charge in [0.2, 0.25) is 0 Å². The molecule has 130 valence electrons. The van der Waals surface area contributed by atoms with Crippen molar-refractivity contribution in [1.82, 2.24) is 14.8 Å². The number of rotatable bonds is 4. The molecule has 3 aromatic rings. The molecular formula is C20H17FN4O. The molecule has 1 aromatic heterocycles. The summed E-state index contributed by atoms with van der Waals surface area (Å²) in [6, 6.07) is 14.4. The first-order valence-electron chi connectivity index (χ1n) is 8.26. The van der Waals surface area contributed by atoms with Gasteiger partial charge in [-0.15, -0.1) is 10.2 Å². The first-order valence-corrected chi connectivity index (χ1v) is 8.26. The van der Waals surface area contributed by atoms with Crippen molar-refractivity contribution < 1.29 is 9.13 Å². The molecule has 2 heterocycles. The van der Waals surface area contributed by atoms with E-state index in [1.165, 1.54) is 6.07 Å². The van der Waals surface area contributed by atoms with Gasteiger partial charge in [0.25, 0.3) is 0 Å². The van der Waals surface area contributed by atoms with Crippen molar-refractivity contribution in [3.8, 4) is 5.69 Å². The Bertz CT molecular complexity index is 1020. The molecule has 0 atom stereocenters. The standard InChI is InChI=1S/C20H17FN4O/c1-13(2)26-12-19-24-23-18-11-22-20(14-7-3-5-9-16(14)21)15-8-4-6-10-17(15)25(18)19/h3-10H,1,11-12H2,2H3. The lowest BCUT2D eigenvalue weighted by molar-refractivity contribution is 0.193. The van der Waals surface area contributed by atoms with Crippen LogP contribution >= 0.6 is 0 Å². The second kappa shape index (κ2) is 6.55. The number of aliphatic imine (C=N–C) groups is 1. The van der Waals surface area contributed by atoms with Crippen LogP contribution < -0.4 is 0 Å². The molecule has 0 saturated heterocycles. The Morgan fingerprint density at radius 2 is 1.85 bits per heavy atom. The van der Waals surface area contributed by atoms with Gasteiger partial charge in [-0.3, -0.25) is 9.56 Å². The van der Waals surface area contributed by atoms with Crippen LogP contribution in [0.2, 0.25) is 0 Å². The zero-order valence-corrected chi connectivity index (χ0v) is 14.3. The molecular weight excluding hydrogens is 331 g/mol. The first-order chi connectivity index (χ1) is 12.6. The number of aromatic nitrogens is 3. The molecule has 4 rings (SSSR count). The summed E-state index contributed by atoms with van der Waals surface area (Å²) in [5, 5.41) is 8.48. The molecule has 6 heteroatoms. The zero-order valence-electron chi connectivity index (χ0n) is 14.3. The highest BCUT2D eigenvalue weighted by Gasteiger charge is 2.23. The maximum Gasteiger partial charge on any atom is 0.175 e. The van der Waals surface area contributed by atoms with Crippen molar-refractivity contribution >= 4 is 5.71 Å². The fourth-order valence-corrected chi connectivity index (χ4v) is 3.00. The lowest BCUT2D eigenvalue weighted by Gasteiger charge is -2.14. The average molecular weight is 348 g/mol. The van der Waals surface area contributed by atoms with E-state index in [9.17, 15) is 4.39 Å². The van der Waals surface area contributed by atoms with Crippen LogP contribution in [0.1, 0.15) is 29.7 Å². The zero-order chi connectivity index (χ0) is 18.1. The predicted molar refractivity (Wildman–Crippen MR) is 96.7 cm³/mol. The molecule has 0 fully saturated rings. The molecule has 5 nitrogen and oxygen atoms in total. The van der Waals surface area contributed by atoms with E-state index in [2.05, 4.69) is 21.8 Å². The molecule has 0 N–H and O–H groups in total. The second-order valence-electron chi connectivity index (χ2n) is 6.02. The smallest absolute Gasteiger partial charge is 0.175 e. The highest BCUT2D eigenvalue weighted by molar-refractivity contribution is 6.15. The van der Waals surface area contributed by atoms with Crippen LogP contribution in [0.5, 0.6) is 0 Å². The number of hydrogen-bond acceptors (Lipinski definition) is 4. The highest BCUT2D eigenvalue weighted by atomic mass is 19.1. The summed E-state index contributed by atoms with van der Waals surface area (Å²) in [5.74, 6) is 1.64. The molecule has 1 aliphatic heterocycles. The SMILES string of the molecule is C=C(C)OCc1nnc2n1-c1ccccc1C(c1ccccc1F)=NC2. The van der Waals surface area contributed by atoms with E-state index in [1.807, 2.05) is 28.8 Å². The van der Waals surface area contributed by atoms with Gasteiger partial charge in [0.1, 0.15) is 19.0 Å². The van der Waals surface area contributed by atoms with Gasteiger partial charge in [-0.25, -0.2) is 4.39 Å². The average Bonchev–Trinajstić information content (AvgIpc) is 2.97. The molecule has 0 saturated carbocycles. The Balaban J connectivity index is 1.87. The van der Waals surface area contributed by atoms with Crippen molar-refractivity contribution in [2.45, 2.75) is 20.1 Å². The molecule has 26 heavy (non-hydrogen) atoms. The van der Waals surface area contributed by atoms with Crippen LogP contribution in [0.15, 0.2) is 65.9 Å². The third-order valence-electron chi connectivity index (χ3n) is 4.15. The summed E-state index contributed by atoms with van der Waals surface area (Å²) in [6.07, 6.45) is 0. The van der Waals surface area contributed by atoms with E-state index in [-0.39, 0.29) is 12.4 Å². The van der Waals surface area contributed by atoms with Gasteiger partial charge >= 0.3 is 0 Å². The van der Waals surface area contributed by atoms with Crippen LogP contribution in [0.3, 0.4) is 0 Å². The number of nitrogens with zero attached hydrogens (tertiary/aromatic N) is 4. The van der Waals surface area contributed by atoms with Gasteiger partial charge in [-0.2, -0.15) is 0 Å². The second-order valence-corrected chi connectivity index (χ2v) is 6.02. The summed E-state index contributed by atoms with van der Waals surface area (Å²) in [4.78, 5) is 4.64. The van der Waals surface area contributed by atoms with Gasteiger partial charge in [0, 0.05) is 11.1 Å². The van der Waals surface area contributed by atoms with E-state index in [0.29, 0.717) is 35.2 Å². The van der Waals surface area contributed by atoms with Gasteiger partial charge in [0.15, 0.2) is 11.6 Å². The Morgan fingerprint density at radius 3 is 2.62 bits per heavy atom. The number of allylic oxidation sites excluding steroid dienone is 1. The van der Waals surface area contributed by atoms with Crippen molar-refractivity contribution in [2.75, 3.05) is 0 Å². The van der Waals surface area contributed by atoms with E-state index in [4.69, 9.17) is 4.74 Å². The summed E-state index contributed by atoms with van der Waals surface area (Å²) >= 11 is 0. The maximum absolute atomic E-state index is 14.4. The lowest BCUT2D eigenvalue weighted by atomic mass is 10.00. The van der Waals surface area contributed by atoms with Crippen molar-refractivity contribution in [2.24, 2.45) is 4.99 Å². The third kappa shape index (κ3) is 2.79. The lowest BCUT2D eigenvalue weighted by Crippen LogP contribution is -2.11. The normalized spacial score (nSPS) is 12.6. The quantitative estimate of drug-likeness (QED) is 0.674. The fourth-order valence-electron chi connectivity index (χ4n) is 3.00. The largest absolute Gasteiger partial charge is 0.491 e. The Labute approximate surface area is 150 Å². The van der Waals surface area contributed by atoms with E-state index < -0.39 is 0 Å². The Kier molecular flexibility index (Phi) is 4.08. The maximum atomic E-state index is 14.4. The molecule has 0 unspecified atom stereocenters. The fraction of sp³-hybridized carbons (Fsp3) is 0.150. The van der Waals surface area contributed by atoms with Crippen LogP contribution in [-0.2, 0) is 17.9 Å². The number of hydrogen-bond donors (Lipinski definition) is 0. The summed E-state index contributed by atoms with van der Waals surface area (Å²) in [7, 11) is 0. The van der Waals surface area contributed by atoms with Gasteiger partial charge in [-0.1, -0.05) is 36.9 Å². The number of halogens is 1. The molecule has 0 aliphatic carbocycles. The monoisotopic (exact) mass is 348 g/mol. The van der Waals surface area contributed by atoms with Crippen LogP contribution in [0, 0.1) is 5.82 Å². The Hall–Kier alpha value is -3.28. The van der Waals surface area contributed by atoms with Gasteiger partial charge in [0.05, 0.1) is 17.2 Å². The third-order valence-corrected chi connectivity index (χ3v) is 4.15. The minimum Gasteiger partial charge on any atom is -0.491 e. The topological polar surface area (TPSA) is 52.3 Å². The van der Waals surface area contributed by atoms with E-state index in [0.717, 1.165) is 11.3 Å². The van der Waals surface area contributed by atoms with Crippen molar-refractivity contribution in [1.29, 1.82) is 0 Å². The Morgan fingerprint density at radius 1 is 1.12 bits per heavy atom. The molecule has 0 bridgehead atoms. The number of fused-ring (bicyclic) bond motifs is 3. The molecule has 1 aliphatic rings. The predicted octanol–water partition coefficient (Wildman–Crippen LogP) is 3.81. The number of benzene rings is 2. The first kappa shape index (κ1) is 16.2. The molecule has 0 spiro atoms.